The van der Waals surface area contributed by atoms with Crippen LogP contribution in [0, 0.1) is 17.8 Å². The fourth-order valence-corrected chi connectivity index (χ4v) is 3.06. The number of carbonyl (C=O) groups excluding carboxylic acids is 1. The summed E-state index contributed by atoms with van der Waals surface area (Å²) in [5.74, 6) is 2.65. The van der Waals surface area contributed by atoms with Crippen molar-refractivity contribution in [3.8, 4) is 0 Å². The second-order valence-corrected chi connectivity index (χ2v) is 4.68. The zero-order valence-electron chi connectivity index (χ0n) is 7.88. The van der Waals surface area contributed by atoms with Gasteiger partial charge in [-0.2, -0.15) is 0 Å². The number of carbonyl (C=O) groups is 1. The molecule has 0 N–H and O–H groups in total. The number of Topliss-reactive ketones (excluding diaryl/α,β-unsaturated/α-hetero) is 1. The zero-order chi connectivity index (χ0) is 8.55. The number of fused-ring (bicyclic) bond motifs is 2. The monoisotopic (exact) mass is 166 g/mol. The molecule has 1 unspecified atom stereocenters. The largest absolute Gasteiger partial charge is 0.300 e. The third-order valence-electron chi connectivity index (χ3n) is 3.70. The van der Waals surface area contributed by atoms with E-state index in [1.807, 2.05) is 0 Å². The highest BCUT2D eigenvalue weighted by Crippen LogP contribution is 2.42. The quantitative estimate of drug-likeness (QED) is 0.585. The molecule has 0 aliphatic heterocycles. The van der Waals surface area contributed by atoms with E-state index in [0.717, 1.165) is 11.8 Å². The van der Waals surface area contributed by atoms with E-state index in [4.69, 9.17) is 0 Å². The van der Waals surface area contributed by atoms with Gasteiger partial charge in [0.05, 0.1) is 0 Å². The molecule has 0 spiro atoms. The van der Waals surface area contributed by atoms with E-state index >= 15 is 0 Å². The Kier molecular flexibility index (Phi) is 2.20. The van der Waals surface area contributed by atoms with E-state index in [9.17, 15) is 4.79 Å². The van der Waals surface area contributed by atoms with Crippen molar-refractivity contribution < 1.29 is 4.79 Å². The fraction of sp³-hybridized carbons (Fsp3) is 0.909. The minimum atomic E-state index is 0.425. The minimum Gasteiger partial charge on any atom is -0.300 e. The summed E-state index contributed by atoms with van der Waals surface area (Å²) in [5, 5.41) is 0. The first-order valence-electron chi connectivity index (χ1n) is 5.26. The molecule has 2 aliphatic carbocycles. The van der Waals surface area contributed by atoms with Gasteiger partial charge in [-0.15, -0.1) is 0 Å². The maximum atomic E-state index is 11.2. The average molecular weight is 166 g/mol. The van der Waals surface area contributed by atoms with Gasteiger partial charge in [0.2, 0.25) is 0 Å². The van der Waals surface area contributed by atoms with E-state index in [2.05, 4.69) is 0 Å². The molecule has 0 amide bonds. The Bertz CT molecular complexity index is 173. The SMILES string of the molecule is CC(=O)C1C[C@H]2CCC[C@@H](C1)C2. The standard InChI is InChI=1S/C11H18O/c1-8(12)11-6-9-3-2-4-10(5-9)7-11/h9-11H,2-7H2,1H3/t9-,10+,11?. The molecule has 0 heterocycles. The van der Waals surface area contributed by atoms with Gasteiger partial charge in [-0.1, -0.05) is 19.3 Å². The van der Waals surface area contributed by atoms with Crippen molar-refractivity contribution in [1.82, 2.24) is 0 Å². The maximum absolute atomic E-state index is 11.2. The van der Waals surface area contributed by atoms with Crippen molar-refractivity contribution in [3.63, 3.8) is 0 Å². The van der Waals surface area contributed by atoms with Gasteiger partial charge in [-0.25, -0.2) is 0 Å². The highest BCUT2D eigenvalue weighted by Gasteiger charge is 2.33. The van der Waals surface area contributed by atoms with Crippen LogP contribution in [0.2, 0.25) is 0 Å². The molecule has 3 atom stereocenters. The van der Waals surface area contributed by atoms with Gasteiger partial charge >= 0.3 is 0 Å². The normalized spacial score (nSPS) is 40.9. The highest BCUT2D eigenvalue weighted by atomic mass is 16.1. The summed E-state index contributed by atoms with van der Waals surface area (Å²) >= 11 is 0. The number of rotatable bonds is 1. The van der Waals surface area contributed by atoms with Crippen LogP contribution in [0.25, 0.3) is 0 Å². The predicted molar refractivity (Wildman–Crippen MR) is 48.9 cm³/mol. The topological polar surface area (TPSA) is 17.1 Å². The Labute approximate surface area is 74.5 Å². The van der Waals surface area contributed by atoms with Crippen molar-refractivity contribution in [3.05, 3.63) is 0 Å². The molecular formula is C11H18O. The lowest BCUT2D eigenvalue weighted by molar-refractivity contribution is -0.123. The lowest BCUT2D eigenvalue weighted by Crippen LogP contribution is -2.29. The Balaban J connectivity index is 2.00. The number of hydrogen-bond donors (Lipinski definition) is 0. The summed E-state index contributed by atoms with van der Waals surface area (Å²) in [4.78, 5) is 11.2. The van der Waals surface area contributed by atoms with Gasteiger partial charge in [0, 0.05) is 5.92 Å². The van der Waals surface area contributed by atoms with Crippen molar-refractivity contribution in [1.29, 1.82) is 0 Å². The molecule has 68 valence electrons. The van der Waals surface area contributed by atoms with Crippen LogP contribution in [0.4, 0.5) is 0 Å². The van der Waals surface area contributed by atoms with Crippen molar-refractivity contribution in [2.24, 2.45) is 17.8 Å². The van der Waals surface area contributed by atoms with Crippen LogP contribution in [0.5, 0.6) is 0 Å². The van der Waals surface area contributed by atoms with Crippen molar-refractivity contribution in [2.45, 2.75) is 45.4 Å². The minimum absolute atomic E-state index is 0.425. The molecule has 0 radical (unpaired) electrons. The molecule has 1 heteroatoms. The zero-order valence-corrected chi connectivity index (χ0v) is 7.88. The molecule has 2 rings (SSSR count). The Hall–Kier alpha value is -0.330. The Morgan fingerprint density at radius 2 is 1.67 bits per heavy atom. The van der Waals surface area contributed by atoms with Gasteiger partial charge in [0.15, 0.2) is 0 Å². The van der Waals surface area contributed by atoms with Crippen LogP contribution in [0.15, 0.2) is 0 Å². The summed E-state index contributed by atoms with van der Waals surface area (Å²) in [6, 6.07) is 0. The molecule has 0 aromatic carbocycles. The van der Waals surface area contributed by atoms with Crippen LogP contribution >= 0.6 is 0 Å². The predicted octanol–water partition coefficient (Wildman–Crippen LogP) is 2.79. The average Bonchev–Trinajstić information content (AvgIpc) is 2.03. The van der Waals surface area contributed by atoms with Crippen molar-refractivity contribution in [2.75, 3.05) is 0 Å². The van der Waals surface area contributed by atoms with Gasteiger partial charge in [0.1, 0.15) is 5.78 Å². The maximum Gasteiger partial charge on any atom is 0.132 e. The Morgan fingerprint density at radius 3 is 2.17 bits per heavy atom. The summed E-state index contributed by atoms with van der Waals surface area (Å²) in [7, 11) is 0. The lowest BCUT2D eigenvalue weighted by atomic mass is 9.67. The smallest absolute Gasteiger partial charge is 0.132 e. The van der Waals surface area contributed by atoms with Crippen molar-refractivity contribution >= 4 is 5.78 Å². The van der Waals surface area contributed by atoms with Gasteiger partial charge in [-0.05, 0) is 38.0 Å². The van der Waals surface area contributed by atoms with Crippen LogP contribution in [-0.2, 0) is 4.79 Å². The molecule has 0 aromatic heterocycles. The Morgan fingerprint density at radius 1 is 1.08 bits per heavy atom. The summed E-state index contributed by atoms with van der Waals surface area (Å²) in [6.07, 6.45) is 8.02. The molecular weight excluding hydrogens is 148 g/mol. The van der Waals surface area contributed by atoms with E-state index in [1.54, 1.807) is 6.92 Å². The first-order chi connectivity index (χ1) is 5.75. The molecule has 2 fully saturated rings. The highest BCUT2D eigenvalue weighted by molar-refractivity contribution is 5.78. The van der Waals surface area contributed by atoms with Gasteiger partial charge in [0.25, 0.3) is 0 Å². The first kappa shape index (κ1) is 8.28. The van der Waals surface area contributed by atoms with E-state index in [1.165, 1.54) is 38.5 Å². The molecule has 2 aliphatic rings. The third-order valence-corrected chi connectivity index (χ3v) is 3.70. The molecule has 2 saturated carbocycles. The molecule has 1 nitrogen and oxygen atoms in total. The number of ketones is 1. The fourth-order valence-electron chi connectivity index (χ4n) is 3.06. The summed E-state index contributed by atoms with van der Waals surface area (Å²) < 4.78 is 0. The second-order valence-electron chi connectivity index (χ2n) is 4.68. The molecule has 0 saturated heterocycles. The number of hydrogen-bond acceptors (Lipinski definition) is 1. The van der Waals surface area contributed by atoms with E-state index in [0.29, 0.717) is 11.7 Å². The first-order valence-corrected chi connectivity index (χ1v) is 5.26. The van der Waals surface area contributed by atoms with Crippen LogP contribution in [0.3, 0.4) is 0 Å². The van der Waals surface area contributed by atoms with Crippen LogP contribution in [0.1, 0.15) is 45.4 Å². The molecule has 0 aromatic rings. The molecule has 12 heavy (non-hydrogen) atoms. The summed E-state index contributed by atoms with van der Waals surface area (Å²) in [5.41, 5.74) is 0. The third kappa shape index (κ3) is 1.55. The van der Waals surface area contributed by atoms with Gasteiger partial charge in [-0.3, -0.25) is 4.79 Å². The molecule has 2 bridgehead atoms. The van der Waals surface area contributed by atoms with Crippen LogP contribution in [-0.4, -0.2) is 5.78 Å². The lowest BCUT2D eigenvalue weighted by Gasteiger charge is -2.38. The summed E-state index contributed by atoms with van der Waals surface area (Å²) in [6.45, 7) is 1.77. The van der Waals surface area contributed by atoms with E-state index in [-0.39, 0.29) is 0 Å². The van der Waals surface area contributed by atoms with E-state index < -0.39 is 0 Å². The van der Waals surface area contributed by atoms with Crippen LogP contribution < -0.4 is 0 Å². The second kappa shape index (κ2) is 3.20. The van der Waals surface area contributed by atoms with Gasteiger partial charge < -0.3 is 0 Å².